The first kappa shape index (κ1) is 25.3. The van der Waals surface area contributed by atoms with Crippen LogP contribution >= 0.6 is 0 Å². The van der Waals surface area contributed by atoms with Gasteiger partial charge < -0.3 is 10.2 Å². The quantitative estimate of drug-likeness (QED) is 0.626. The maximum atomic E-state index is 13.0. The highest BCUT2D eigenvalue weighted by molar-refractivity contribution is 5.82. The van der Waals surface area contributed by atoms with E-state index < -0.39 is 5.41 Å². The van der Waals surface area contributed by atoms with Crippen molar-refractivity contribution < 1.29 is 9.59 Å². The molecule has 35 heavy (non-hydrogen) atoms. The van der Waals surface area contributed by atoms with Crippen LogP contribution in [0.4, 0.5) is 0 Å². The zero-order valence-corrected chi connectivity index (χ0v) is 21.6. The van der Waals surface area contributed by atoms with Crippen molar-refractivity contribution in [1.82, 2.24) is 25.1 Å². The van der Waals surface area contributed by atoms with Gasteiger partial charge in [-0.25, -0.2) is 9.97 Å². The molecule has 1 spiro atoms. The SMILES string of the molecule is CN(C)C1(c2ccccc2)CCC2(CC1)CC(=O)N(CCC(C)(C)C(=O)NCc1cncnc1)C2. The average molecular weight is 478 g/mol. The van der Waals surface area contributed by atoms with Crippen LogP contribution in [0.25, 0.3) is 0 Å². The third-order valence-corrected chi connectivity index (χ3v) is 8.40. The Bertz CT molecular complexity index is 1010. The maximum absolute atomic E-state index is 13.0. The van der Waals surface area contributed by atoms with Crippen molar-refractivity contribution in [1.29, 1.82) is 0 Å². The van der Waals surface area contributed by atoms with E-state index in [1.165, 1.54) is 11.9 Å². The minimum absolute atomic E-state index is 0.0148. The van der Waals surface area contributed by atoms with Gasteiger partial charge in [0.25, 0.3) is 0 Å². The lowest BCUT2D eigenvalue weighted by molar-refractivity contribution is -0.132. The molecule has 2 aromatic rings. The van der Waals surface area contributed by atoms with E-state index in [2.05, 4.69) is 64.6 Å². The Kier molecular flexibility index (Phi) is 7.27. The van der Waals surface area contributed by atoms with Gasteiger partial charge in [0, 0.05) is 55.0 Å². The van der Waals surface area contributed by atoms with Crippen LogP contribution in [-0.4, -0.2) is 58.8 Å². The molecule has 1 aromatic carbocycles. The van der Waals surface area contributed by atoms with Crippen LogP contribution < -0.4 is 5.32 Å². The summed E-state index contributed by atoms with van der Waals surface area (Å²) in [5, 5.41) is 2.99. The van der Waals surface area contributed by atoms with Gasteiger partial charge in [-0.3, -0.25) is 14.5 Å². The first-order valence-electron chi connectivity index (χ1n) is 12.7. The van der Waals surface area contributed by atoms with E-state index in [9.17, 15) is 9.59 Å². The number of hydrogen-bond acceptors (Lipinski definition) is 5. The van der Waals surface area contributed by atoms with Crippen molar-refractivity contribution in [2.24, 2.45) is 10.8 Å². The molecule has 0 atom stereocenters. The van der Waals surface area contributed by atoms with Gasteiger partial charge in [0.1, 0.15) is 6.33 Å². The molecule has 188 valence electrons. The smallest absolute Gasteiger partial charge is 0.225 e. The van der Waals surface area contributed by atoms with Crippen LogP contribution in [0.1, 0.15) is 63.5 Å². The van der Waals surface area contributed by atoms with Crippen molar-refractivity contribution in [3.05, 3.63) is 60.2 Å². The third kappa shape index (κ3) is 5.40. The van der Waals surface area contributed by atoms with E-state index >= 15 is 0 Å². The van der Waals surface area contributed by atoms with E-state index in [4.69, 9.17) is 0 Å². The zero-order valence-electron chi connectivity index (χ0n) is 21.6. The molecular weight excluding hydrogens is 438 g/mol. The van der Waals surface area contributed by atoms with Gasteiger partial charge in [-0.05, 0) is 57.2 Å². The first-order valence-corrected chi connectivity index (χ1v) is 12.7. The summed E-state index contributed by atoms with van der Waals surface area (Å²) < 4.78 is 0. The third-order valence-electron chi connectivity index (χ3n) is 8.40. The monoisotopic (exact) mass is 477 g/mol. The molecule has 2 heterocycles. The van der Waals surface area contributed by atoms with Crippen molar-refractivity contribution in [2.75, 3.05) is 27.2 Å². The van der Waals surface area contributed by atoms with E-state index in [0.717, 1.165) is 37.8 Å². The Hall–Kier alpha value is -2.80. The predicted molar refractivity (Wildman–Crippen MR) is 136 cm³/mol. The number of benzene rings is 1. The van der Waals surface area contributed by atoms with Crippen LogP contribution in [0.2, 0.25) is 0 Å². The van der Waals surface area contributed by atoms with Gasteiger partial charge >= 0.3 is 0 Å². The number of hydrogen-bond donors (Lipinski definition) is 1. The molecule has 1 aliphatic heterocycles. The van der Waals surface area contributed by atoms with Gasteiger partial charge in [-0.15, -0.1) is 0 Å². The molecule has 0 unspecified atom stereocenters. The Morgan fingerprint density at radius 1 is 1.09 bits per heavy atom. The average Bonchev–Trinajstić information content (AvgIpc) is 3.17. The molecule has 7 nitrogen and oxygen atoms in total. The van der Waals surface area contributed by atoms with Gasteiger partial charge in [0.15, 0.2) is 0 Å². The topological polar surface area (TPSA) is 78.4 Å². The molecule has 0 radical (unpaired) electrons. The fraction of sp³-hybridized carbons (Fsp3) is 0.571. The number of nitrogens with one attached hydrogen (secondary N) is 1. The van der Waals surface area contributed by atoms with Gasteiger partial charge in [-0.2, -0.15) is 0 Å². The highest BCUT2D eigenvalue weighted by Crippen LogP contribution is 2.52. The summed E-state index contributed by atoms with van der Waals surface area (Å²) in [6.45, 7) is 5.73. The molecule has 1 saturated heterocycles. The van der Waals surface area contributed by atoms with E-state index in [1.807, 2.05) is 18.7 Å². The first-order chi connectivity index (χ1) is 16.7. The maximum Gasteiger partial charge on any atom is 0.225 e. The molecule has 0 bridgehead atoms. The van der Waals surface area contributed by atoms with Gasteiger partial charge in [0.2, 0.25) is 11.8 Å². The van der Waals surface area contributed by atoms with Crippen molar-refractivity contribution in [3.63, 3.8) is 0 Å². The van der Waals surface area contributed by atoms with Crippen molar-refractivity contribution in [3.8, 4) is 0 Å². The lowest BCUT2D eigenvalue weighted by Crippen LogP contribution is -2.47. The fourth-order valence-corrected chi connectivity index (χ4v) is 5.83. The van der Waals surface area contributed by atoms with Crippen LogP contribution in [0.5, 0.6) is 0 Å². The molecule has 2 aliphatic rings. The number of rotatable bonds is 8. The minimum Gasteiger partial charge on any atom is -0.351 e. The number of carbonyl (C=O) groups is 2. The summed E-state index contributed by atoms with van der Waals surface area (Å²) in [4.78, 5) is 38.2. The van der Waals surface area contributed by atoms with Crippen LogP contribution in [0.15, 0.2) is 49.1 Å². The highest BCUT2D eigenvalue weighted by Gasteiger charge is 2.50. The lowest BCUT2D eigenvalue weighted by atomic mass is 9.64. The number of nitrogens with zero attached hydrogens (tertiary/aromatic N) is 4. The number of amides is 2. The molecule has 2 fully saturated rings. The molecule has 1 N–H and O–H groups in total. The number of carbonyl (C=O) groups excluding carboxylic acids is 2. The normalized spacial score (nSPS) is 24.8. The second-order valence-corrected chi connectivity index (χ2v) is 11.3. The summed E-state index contributed by atoms with van der Waals surface area (Å²) in [6, 6.07) is 10.8. The van der Waals surface area contributed by atoms with Crippen LogP contribution in [0, 0.1) is 10.8 Å². The summed E-state index contributed by atoms with van der Waals surface area (Å²) in [7, 11) is 4.35. The Morgan fingerprint density at radius 2 is 1.74 bits per heavy atom. The number of likely N-dealkylation sites (tertiary alicyclic amines) is 1. The van der Waals surface area contributed by atoms with Crippen molar-refractivity contribution in [2.45, 2.75) is 64.5 Å². The second kappa shape index (κ2) is 10.1. The highest BCUT2D eigenvalue weighted by atomic mass is 16.2. The fourth-order valence-electron chi connectivity index (χ4n) is 5.83. The molecule has 2 amide bonds. The van der Waals surface area contributed by atoms with Crippen molar-refractivity contribution >= 4 is 11.8 Å². The largest absolute Gasteiger partial charge is 0.351 e. The Balaban J connectivity index is 1.33. The molecule has 1 aromatic heterocycles. The standard InChI is InChI=1S/C28H39N5O2/c1-26(2,25(35)31-19-22-17-29-21-30-18-22)14-15-33-20-27(16-24(33)34)10-12-28(13-11-27,32(3)4)23-8-6-5-7-9-23/h5-9,17-18,21H,10-16,19-20H2,1-4H3,(H,31,35). The summed E-state index contributed by atoms with van der Waals surface area (Å²) >= 11 is 0. The molecular formula is C28H39N5O2. The number of aromatic nitrogens is 2. The van der Waals surface area contributed by atoms with E-state index in [1.54, 1.807) is 12.4 Å². The van der Waals surface area contributed by atoms with Gasteiger partial charge in [0.05, 0.1) is 0 Å². The summed E-state index contributed by atoms with van der Waals surface area (Å²) in [5.41, 5.74) is 1.77. The zero-order chi connectivity index (χ0) is 25.1. The molecule has 4 rings (SSSR count). The van der Waals surface area contributed by atoms with Gasteiger partial charge in [-0.1, -0.05) is 44.2 Å². The molecule has 7 heteroatoms. The molecule has 1 aliphatic carbocycles. The Morgan fingerprint density at radius 3 is 2.37 bits per heavy atom. The van der Waals surface area contributed by atoms with Crippen LogP contribution in [0.3, 0.4) is 0 Å². The second-order valence-electron chi connectivity index (χ2n) is 11.3. The predicted octanol–water partition coefficient (Wildman–Crippen LogP) is 3.76. The molecule has 1 saturated carbocycles. The lowest BCUT2D eigenvalue weighted by Gasteiger charge is -2.49. The summed E-state index contributed by atoms with van der Waals surface area (Å²) in [5.74, 6) is 0.221. The van der Waals surface area contributed by atoms with E-state index in [-0.39, 0.29) is 22.8 Å². The minimum atomic E-state index is -0.564. The summed E-state index contributed by atoms with van der Waals surface area (Å²) in [6.07, 6.45) is 10.4. The van der Waals surface area contributed by atoms with Crippen LogP contribution in [-0.2, 0) is 21.7 Å². The van der Waals surface area contributed by atoms with E-state index in [0.29, 0.717) is 25.9 Å². The Labute approximate surface area is 209 Å².